The Hall–Kier alpha value is -3.74. The fourth-order valence-corrected chi connectivity index (χ4v) is 4.40. The van der Waals surface area contributed by atoms with Crippen LogP contribution in [0, 0.1) is 17.2 Å². The van der Waals surface area contributed by atoms with Gasteiger partial charge in [-0.05, 0) is 30.2 Å². The third-order valence-electron chi connectivity index (χ3n) is 5.00. The van der Waals surface area contributed by atoms with Gasteiger partial charge in [-0.15, -0.1) is 11.3 Å². The molecule has 8 nitrogen and oxygen atoms in total. The number of hydrogen-bond acceptors (Lipinski definition) is 6. The highest BCUT2D eigenvalue weighted by Crippen LogP contribution is 2.28. The molecule has 4 aromatic rings. The van der Waals surface area contributed by atoms with Crippen molar-refractivity contribution in [1.29, 1.82) is 5.26 Å². The number of aromatic amines is 1. The number of nitrogens with zero attached hydrogens (tertiary/aromatic N) is 4. The maximum absolute atomic E-state index is 13.0. The number of aromatic nitrogens is 4. The van der Waals surface area contributed by atoms with Crippen LogP contribution < -0.4 is 10.6 Å². The highest BCUT2D eigenvalue weighted by molar-refractivity contribution is 7.17. The summed E-state index contributed by atoms with van der Waals surface area (Å²) in [6, 6.07) is 13.8. The van der Waals surface area contributed by atoms with Crippen molar-refractivity contribution < 1.29 is 4.79 Å². The smallest absolute Gasteiger partial charge is 0.268 e. The molecule has 33 heavy (non-hydrogen) atoms. The van der Waals surface area contributed by atoms with Crippen LogP contribution in [0.1, 0.15) is 23.5 Å². The molecule has 0 fully saturated rings. The monoisotopic (exact) mass is 459 g/mol. The van der Waals surface area contributed by atoms with Crippen molar-refractivity contribution in [2.45, 2.75) is 20.4 Å². The summed E-state index contributed by atoms with van der Waals surface area (Å²) >= 11 is 1.40. The molecule has 0 bridgehead atoms. The summed E-state index contributed by atoms with van der Waals surface area (Å²) in [5, 5.41) is 22.3. The molecular weight excluding hydrogens is 434 g/mol. The Morgan fingerprint density at radius 2 is 2.15 bits per heavy atom. The first-order chi connectivity index (χ1) is 16.0. The fourth-order valence-electron chi connectivity index (χ4n) is 3.51. The average Bonchev–Trinajstić information content (AvgIpc) is 3.55. The molecule has 0 spiro atoms. The molecule has 9 heteroatoms. The lowest BCUT2D eigenvalue weighted by Gasteiger charge is -2.11. The Morgan fingerprint density at radius 1 is 1.30 bits per heavy atom. The second-order valence-electron chi connectivity index (χ2n) is 7.91. The molecule has 0 aliphatic rings. The van der Waals surface area contributed by atoms with Gasteiger partial charge in [0.05, 0.1) is 28.2 Å². The van der Waals surface area contributed by atoms with E-state index >= 15 is 0 Å². The zero-order valence-electron chi connectivity index (χ0n) is 18.5. The summed E-state index contributed by atoms with van der Waals surface area (Å²) in [7, 11) is 0. The van der Waals surface area contributed by atoms with Crippen LogP contribution in [0.15, 0.2) is 60.4 Å². The maximum Gasteiger partial charge on any atom is 0.268 e. The number of allylic oxidation sites excluding steroid dienone is 1. The molecule has 3 heterocycles. The lowest BCUT2D eigenvalue weighted by molar-refractivity contribution is 0.102. The molecule has 0 unspecified atom stereocenters. The van der Waals surface area contributed by atoms with E-state index in [-0.39, 0.29) is 5.91 Å². The van der Waals surface area contributed by atoms with Crippen molar-refractivity contribution in [3.63, 3.8) is 0 Å². The molecule has 1 aromatic carbocycles. The van der Waals surface area contributed by atoms with Gasteiger partial charge in [-0.3, -0.25) is 15.2 Å². The third kappa shape index (κ3) is 5.37. The highest BCUT2D eigenvalue weighted by Gasteiger charge is 2.16. The standard InChI is InChI=1S/C24H25N7OS/c1-16(2)11-17(12-25)13-26-9-10-31-20-6-4-3-5-19(20)29-24(31)30-23(32)22-8-7-21(33-22)18-14-27-28-15-18/h3-8,11,14-16,26H,9-10,13H2,1-2H3,(H,27,28)(H,29,30,32). The van der Waals surface area contributed by atoms with Crippen LogP contribution in [0.5, 0.6) is 0 Å². The number of H-pyrrole nitrogens is 1. The van der Waals surface area contributed by atoms with Gasteiger partial charge in [0.15, 0.2) is 0 Å². The van der Waals surface area contributed by atoms with E-state index in [9.17, 15) is 10.1 Å². The van der Waals surface area contributed by atoms with Crippen molar-refractivity contribution in [2.24, 2.45) is 5.92 Å². The molecule has 0 saturated carbocycles. The molecule has 0 atom stereocenters. The number of rotatable bonds is 9. The molecule has 0 radical (unpaired) electrons. The number of anilines is 1. The third-order valence-corrected chi connectivity index (χ3v) is 6.13. The summed E-state index contributed by atoms with van der Waals surface area (Å²) in [6.45, 7) is 5.84. The van der Waals surface area contributed by atoms with E-state index in [0.717, 1.165) is 27.0 Å². The van der Waals surface area contributed by atoms with Crippen LogP contribution in [0.4, 0.5) is 5.95 Å². The number of para-hydroxylation sites is 2. The molecule has 3 N–H and O–H groups in total. The first-order valence-electron chi connectivity index (χ1n) is 10.7. The van der Waals surface area contributed by atoms with E-state index in [0.29, 0.717) is 36.4 Å². The van der Waals surface area contributed by atoms with E-state index in [1.807, 2.05) is 41.0 Å². The van der Waals surface area contributed by atoms with Gasteiger partial charge in [0.25, 0.3) is 5.91 Å². The quantitative estimate of drug-likeness (QED) is 0.253. The van der Waals surface area contributed by atoms with Crippen molar-refractivity contribution in [3.05, 3.63) is 65.3 Å². The van der Waals surface area contributed by atoms with Gasteiger partial charge in [-0.1, -0.05) is 32.1 Å². The second kappa shape index (κ2) is 10.3. The Balaban J connectivity index is 1.48. The van der Waals surface area contributed by atoms with Gasteiger partial charge < -0.3 is 9.88 Å². The number of carbonyl (C=O) groups excluding carboxylic acids is 1. The number of hydrogen-bond donors (Lipinski definition) is 3. The zero-order valence-corrected chi connectivity index (χ0v) is 19.3. The minimum absolute atomic E-state index is 0.203. The summed E-state index contributed by atoms with van der Waals surface area (Å²) in [5.41, 5.74) is 3.43. The number of imidazole rings is 1. The Labute approximate surface area is 196 Å². The molecule has 1 amide bonds. The van der Waals surface area contributed by atoms with Gasteiger partial charge in [-0.25, -0.2) is 4.98 Å². The lowest BCUT2D eigenvalue weighted by atomic mass is 10.1. The number of nitrogens with one attached hydrogen (secondary N) is 3. The van der Waals surface area contributed by atoms with Crippen molar-refractivity contribution >= 4 is 34.2 Å². The predicted molar refractivity (Wildman–Crippen MR) is 131 cm³/mol. The molecule has 0 aliphatic heterocycles. The van der Waals surface area contributed by atoms with Gasteiger partial charge in [-0.2, -0.15) is 10.4 Å². The molecule has 3 aromatic heterocycles. The Bertz CT molecular complexity index is 1310. The lowest BCUT2D eigenvalue weighted by Crippen LogP contribution is -2.23. The van der Waals surface area contributed by atoms with E-state index < -0.39 is 0 Å². The van der Waals surface area contributed by atoms with Crippen LogP contribution >= 0.6 is 11.3 Å². The largest absolute Gasteiger partial charge is 0.310 e. The first kappa shape index (κ1) is 22.5. The summed E-state index contributed by atoms with van der Waals surface area (Å²) < 4.78 is 1.99. The Morgan fingerprint density at radius 3 is 2.91 bits per heavy atom. The number of benzene rings is 1. The minimum atomic E-state index is -0.203. The van der Waals surface area contributed by atoms with Crippen LogP contribution in [0.25, 0.3) is 21.5 Å². The van der Waals surface area contributed by atoms with Crippen LogP contribution in [-0.4, -0.2) is 38.7 Å². The highest BCUT2D eigenvalue weighted by atomic mass is 32.1. The number of thiophene rings is 1. The van der Waals surface area contributed by atoms with Gasteiger partial charge in [0, 0.05) is 41.8 Å². The van der Waals surface area contributed by atoms with Crippen molar-refractivity contribution in [1.82, 2.24) is 25.1 Å². The summed E-state index contributed by atoms with van der Waals surface area (Å²) in [5.74, 6) is 0.623. The van der Waals surface area contributed by atoms with Crippen LogP contribution in [0.3, 0.4) is 0 Å². The zero-order chi connectivity index (χ0) is 23.2. The van der Waals surface area contributed by atoms with E-state index in [1.54, 1.807) is 18.5 Å². The second-order valence-corrected chi connectivity index (χ2v) is 8.99. The topological polar surface area (TPSA) is 111 Å². The molecule has 168 valence electrons. The SMILES string of the molecule is CC(C)C=C(C#N)CNCCn1c(NC(=O)c2ccc(-c3cn[nH]c3)s2)nc2ccccc21. The van der Waals surface area contributed by atoms with E-state index in [4.69, 9.17) is 0 Å². The van der Waals surface area contributed by atoms with Crippen LogP contribution in [0.2, 0.25) is 0 Å². The number of carbonyl (C=O) groups is 1. The summed E-state index contributed by atoms with van der Waals surface area (Å²) in [4.78, 5) is 19.1. The van der Waals surface area contributed by atoms with E-state index in [1.165, 1.54) is 11.3 Å². The molecule has 0 aliphatic carbocycles. The Kier molecular flexibility index (Phi) is 6.98. The molecule has 0 saturated heterocycles. The minimum Gasteiger partial charge on any atom is -0.310 e. The average molecular weight is 460 g/mol. The normalized spacial score (nSPS) is 11.8. The number of nitriles is 1. The predicted octanol–water partition coefficient (Wildman–Crippen LogP) is 4.44. The number of fused-ring (bicyclic) bond motifs is 1. The molecule has 4 rings (SSSR count). The van der Waals surface area contributed by atoms with E-state index in [2.05, 4.69) is 45.7 Å². The van der Waals surface area contributed by atoms with Gasteiger partial charge >= 0.3 is 0 Å². The van der Waals surface area contributed by atoms with Gasteiger partial charge in [0.2, 0.25) is 5.95 Å². The maximum atomic E-state index is 13.0. The fraction of sp³-hybridized carbons (Fsp3) is 0.250. The van der Waals surface area contributed by atoms with Gasteiger partial charge in [0.1, 0.15) is 0 Å². The molecular formula is C24H25N7OS. The van der Waals surface area contributed by atoms with Crippen LogP contribution in [-0.2, 0) is 6.54 Å². The number of amides is 1. The summed E-state index contributed by atoms with van der Waals surface area (Å²) in [6.07, 6.45) is 5.49. The van der Waals surface area contributed by atoms with Crippen molar-refractivity contribution in [3.8, 4) is 16.5 Å². The van der Waals surface area contributed by atoms with Crippen molar-refractivity contribution in [2.75, 3.05) is 18.4 Å². The first-order valence-corrected chi connectivity index (χ1v) is 11.5.